The van der Waals surface area contributed by atoms with Gasteiger partial charge in [-0.25, -0.2) is 0 Å². The lowest BCUT2D eigenvalue weighted by atomic mass is 9.87. The number of hydrogen-bond acceptors (Lipinski definition) is 2. The highest BCUT2D eigenvalue weighted by Crippen LogP contribution is 2.31. The van der Waals surface area contributed by atoms with E-state index in [-0.39, 0.29) is 0 Å². The van der Waals surface area contributed by atoms with Crippen LogP contribution in [-0.2, 0) is 5.60 Å². The van der Waals surface area contributed by atoms with Crippen molar-refractivity contribution in [2.24, 2.45) is 0 Å². The molecular weight excluding hydrogens is 258 g/mol. The summed E-state index contributed by atoms with van der Waals surface area (Å²) in [5.74, 6) is 0. The number of aromatic nitrogens is 1. The van der Waals surface area contributed by atoms with Crippen LogP contribution in [0, 0.1) is 13.8 Å². The number of hydrogen-bond donors (Lipinski definition) is 1. The van der Waals surface area contributed by atoms with Gasteiger partial charge in [0.1, 0.15) is 5.60 Å². The zero-order valence-corrected chi connectivity index (χ0v) is 12.6. The Morgan fingerprint density at radius 3 is 2.29 bits per heavy atom. The molecule has 2 nitrogen and oxygen atoms in total. The van der Waals surface area contributed by atoms with E-state index in [1.807, 2.05) is 63.2 Å². The molecular formula is C19H19NO. The van der Waals surface area contributed by atoms with Crippen molar-refractivity contribution >= 4 is 10.9 Å². The Balaban J connectivity index is 2.14. The van der Waals surface area contributed by atoms with E-state index in [4.69, 9.17) is 0 Å². The zero-order valence-electron chi connectivity index (χ0n) is 12.6. The van der Waals surface area contributed by atoms with Gasteiger partial charge in [0, 0.05) is 17.1 Å². The van der Waals surface area contributed by atoms with E-state index in [2.05, 4.69) is 11.1 Å². The highest BCUT2D eigenvalue weighted by molar-refractivity contribution is 5.79. The van der Waals surface area contributed by atoms with Crippen LogP contribution in [0.3, 0.4) is 0 Å². The molecule has 0 aliphatic heterocycles. The minimum absolute atomic E-state index is 0.811. The van der Waals surface area contributed by atoms with Crippen molar-refractivity contribution < 1.29 is 5.11 Å². The summed E-state index contributed by atoms with van der Waals surface area (Å²) in [7, 11) is 0. The van der Waals surface area contributed by atoms with Gasteiger partial charge in [-0.3, -0.25) is 4.98 Å². The summed E-state index contributed by atoms with van der Waals surface area (Å²) < 4.78 is 0. The van der Waals surface area contributed by atoms with E-state index < -0.39 is 5.60 Å². The molecule has 0 fully saturated rings. The molecule has 0 radical (unpaired) electrons. The summed E-state index contributed by atoms with van der Waals surface area (Å²) in [5.41, 5.74) is 3.91. The van der Waals surface area contributed by atoms with Crippen LogP contribution in [0.5, 0.6) is 0 Å². The first kappa shape index (κ1) is 13.8. The summed E-state index contributed by atoms with van der Waals surface area (Å²) in [5, 5.41) is 12.1. The maximum absolute atomic E-state index is 11.0. The second-order valence-corrected chi connectivity index (χ2v) is 5.87. The lowest BCUT2D eigenvalue weighted by Gasteiger charge is -2.25. The smallest absolute Gasteiger partial charge is 0.113 e. The zero-order chi connectivity index (χ0) is 15.0. The topological polar surface area (TPSA) is 33.1 Å². The fourth-order valence-corrected chi connectivity index (χ4v) is 2.76. The Hall–Kier alpha value is -2.19. The molecule has 0 aliphatic rings. The van der Waals surface area contributed by atoms with Gasteiger partial charge in [-0.1, -0.05) is 47.5 Å². The van der Waals surface area contributed by atoms with Crippen LogP contribution < -0.4 is 0 Å². The van der Waals surface area contributed by atoms with Crippen LogP contribution in [0.4, 0.5) is 0 Å². The molecule has 3 aromatic rings. The number of aryl methyl sites for hydroxylation is 2. The number of fused-ring (bicyclic) bond motifs is 1. The van der Waals surface area contributed by atoms with Crippen LogP contribution in [0.1, 0.15) is 29.2 Å². The molecule has 1 unspecified atom stereocenters. The van der Waals surface area contributed by atoms with Gasteiger partial charge in [0.2, 0.25) is 0 Å². The van der Waals surface area contributed by atoms with Crippen molar-refractivity contribution in [1.29, 1.82) is 0 Å². The van der Waals surface area contributed by atoms with Gasteiger partial charge in [0.25, 0.3) is 0 Å². The average Bonchev–Trinajstić information content (AvgIpc) is 2.45. The van der Waals surface area contributed by atoms with E-state index in [1.165, 1.54) is 0 Å². The Labute approximate surface area is 125 Å². The lowest BCUT2D eigenvalue weighted by molar-refractivity contribution is 0.102. The fraction of sp³-hybridized carbons (Fsp3) is 0.211. The molecule has 0 saturated carbocycles. The standard InChI is InChI=1S/C19H19NO/c1-13-8-14(2)10-16(9-13)19(3,21)17-11-15-6-4-5-7-18(15)20-12-17/h4-12,21H,1-3H3. The van der Waals surface area contributed by atoms with Gasteiger partial charge in [0.15, 0.2) is 0 Å². The SMILES string of the molecule is Cc1cc(C)cc(C(C)(O)c2cnc3ccccc3c2)c1. The highest BCUT2D eigenvalue weighted by Gasteiger charge is 2.26. The van der Waals surface area contributed by atoms with Crippen LogP contribution in [0.2, 0.25) is 0 Å². The third kappa shape index (κ3) is 2.55. The van der Waals surface area contributed by atoms with E-state index in [9.17, 15) is 5.11 Å². The summed E-state index contributed by atoms with van der Waals surface area (Å²) in [4.78, 5) is 4.46. The molecule has 0 saturated heterocycles. The number of nitrogens with zero attached hydrogens (tertiary/aromatic N) is 1. The molecule has 106 valence electrons. The number of benzene rings is 2. The predicted molar refractivity (Wildman–Crippen MR) is 86.3 cm³/mol. The Bertz CT molecular complexity index is 785. The first-order valence-electron chi connectivity index (χ1n) is 7.13. The Morgan fingerprint density at radius 2 is 1.57 bits per heavy atom. The molecule has 1 atom stereocenters. The third-order valence-electron chi connectivity index (χ3n) is 3.94. The predicted octanol–water partition coefficient (Wildman–Crippen LogP) is 4.11. The second-order valence-electron chi connectivity index (χ2n) is 5.87. The summed E-state index contributed by atoms with van der Waals surface area (Å²) >= 11 is 0. The normalized spacial score (nSPS) is 14.1. The third-order valence-corrected chi connectivity index (χ3v) is 3.94. The van der Waals surface area contributed by atoms with E-state index in [0.717, 1.165) is 33.2 Å². The fourth-order valence-electron chi connectivity index (χ4n) is 2.76. The molecule has 3 rings (SSSR count). The van der Waals surface area contributed by atoms with E-state index in [0.29, 0.717) is 0 Å². The molecule has 0 aliphatic carbocycles. The van der Waals surface area contributed by atoms with Crippen molar-refractivity contribution in [3.05, 3.63) is 77.0 Å². The van der Waals surface area contributed by atoms with Gasteiger partial charge in [0.05, 0.1) is 5.52 Å². The maximum Gasteiger partial charge on any atom is 0.113 e. The van der Waals surface area contributed by atoms with Crippen molar-refractivity contribution in [1.82, 2.24) is 4.98 Å². The molecule has 2 aromatic carbocycles. The van der Waals surface area contributed by atoms with Crippen molar-refractivity contribution in [3.63, 3.8) is 0 Å². The first-order valence-corrected chi connectivity index (χ1v) is 7.13. The minimum atomic E-state index is -1.05. The largest absolute Gasteiger partial charge is 0.381 e. The van der Waals surface area contributed by atoms with E-state index >= 15 is 0 Å². The minimum Gasteiger partial charge on any atom is -0.381 e. The van der Waals surface area contributed by atoms with Crippen LogP contribution >= 0.6 is 0 Å². The first-order chi connectivity index (χ1) is 9.96. The second kappa shape index (κ2) is 4.97. The number of pyridine rings is 1. The molecule has 0 spiro atoms. The van der Waals surface area contributed by atoms with Gasteiger partial charge < -0.3 is 5.11 Å². The summed E-state index contributed by atoms with van der Waals surface area (Å²) in [6.07, 6.45) is 1.76. The molecule has 1 heterocycles. The number of rotatable bonds is 2. The number of aliphatic hydroxyl groups is 1. The molecule has 0 bridgehead atoms. The van der Waals surface area contributed by atoms with Crippen LogP contribution in [0.25, 0.3) is 10.9 Å². The average molecular weight is 277 g/mol. The lowest BCUT2D eigenvalue weighted by Crippen LogP contribution is -2.23. The van der Waals surface area contributed by atoms with Gasteiger partial charge in [-0.15, -0.1) is 0 Å². The molecule has 21 heavy (non-hydrogen) atoms. The molecule has 2 heteroatoms. The van der Waals surface area contributed by atoms with Crippen LogP contribution in [0.15, 0.2) is 54.7 Å². The Morgan fingerprint density at radius 1 is 0.905 bits per heavy atom. The van der Waals surface area contributed by atoms with Crippen molar-refractivity contribution in [2.75, 3.05) is 0 Å². The van der Waals surface area contributed by atoms with Crippen LogP contribution in [-0.4, -0.2) is 10.1 Å². The molecule has 1 aromatic heterocycles. The highest BCUT2D eigenvalue weighted by atomic mass is 16.3. The van der Waals surface area contributed by atoms with E-state index in [1.54, 1.807) is 6.20 Å². The monoisotopic (exact) mass is 277 g/mol. The van der Waals surface area contributed by atoms with Gasteiger partial charge in [-0.2, -0.15) is 0 Å². The molecule has 0 amide bonds. The van der Waals surface area contributed by atoms with Crippen molar-refractivity contribution in [3.8, 4) is 0 Å². The van der Waals surface area contributed by atoms with Gasteiger partial charge >= 0.3 is 0 Å². The summed E-state index contributed by atoms with van der Waals surface area (Å²) in [6, 6.07) is 16.1. The quantitative estimate of drug-likeness (QED) is 0.764. The molecule has 1 N–H and O–H groups in total. The van der Waals surface area contributed by atoms with Crippen molar-refractivity contribution in [2.45, 2.75) is 26.4 Å². The number of para-hydroxylation sites is 1. The van der Waals surface area contributed by atoms with Gasteiger partial charge in [-0.05, 0) is 38.5 Å². The maximum atomic E-state index is 11.0. The Kier molecular flexibility index (Phi) is 3.26. The summed E-state index contributed by atoms with van der Waals surface area (Å²) in [6.45, 7) is 5.92.